The number of allylic oxidation sites excluding steroid dienone is 8. The summed E-state index contributed by atoms with van der Waals surface area (Å²) < 4.78 is 4.84. The van der Waals surface area contributed by atoms with Crippen molar-refractivity contribution in [2.45, 2.75) is 18.4 Å². The van der Waals surface area contributed by atoms with E-state index in [0.717, 1.165) is 40.1 Å². The Morgan fingerprint density at radius 3 is 1.94 bits per heavy atom. The average molecular weight is 643 g/mol. The maximum atomic E-state index is 5.27. The lowest BCUT2D eigenvalue weighted by atomic mass is 9.92. The van der Waals surface area contributed by atoms with Gasteiger partial charge in [-0.25, -0.2) is 0 Å². The van der Waals surface area contributed by atoms with Crippen LogP contribution >= 0.6 is 0 Å². The summed E-state index contributed by atoms with van der Waals surface area (Å²) in [5.41, 5.74) is 10.1. The van der Waals surface area contributed by atoms with Crippen LogP contribution < -0.4 is 4.58 Å². The summed E-state index contributed by atoms with van der Waals surface area (Å²) in [5, 5.41) is 2.46. The fourth-order valence-corrected chi connectivity index (χ4v) is 7.75. The Bertz CT molecular complexity index is 2550. The molecule has 0 spiro atoms. The summed E-state index contributed by atoms with van der Waals surface area (Å²) in [4.78, 5) is 15.6. The van der Waals surface area contributed by atoms with E-state index >= 15 is 0 Å². The van der Waals surface area contributed by atoms with E-state index in [-0.39, 0.29) is 6.04 Å². The molecule has 1 aliphatic heterocycles. The highest BCUT2D eigenvalue weighted by atomic mass is 15.3. The second kappa shape index (κ2) is 11.6. The largest absolute Gasteiger partial charge is 0.442 e. The highest BCUT2D eigenvalue weighted by molar-refractivity contribution is 6.20. The number of benzene rings is 5. The van der Waals surface area contributed by atoms with E-state index in [0.29, 0.717) is 23.5 Å². The Morgan fingerprint density at radius 1 is 0.600 bits per heavy atom. The molecule has 7 aromatic rings. The molecule has 2 atom stereocenters. The van der Waals surface area contributed by atoms with Crippen LogP contribution in [0.4, 0.5) is 11.6 Å². The Morgan fingerprint density at radius 2 is 1.26 bits per heavy atom. The number of aromatic nitrogens is 4. The van der Waals surface area contributed by atoms with Crippen LogP contribution in [-0.2, 0) is 0 Å². The fraction of sp³-hybridized carbons (Fsp3) is 0.0667. The molecule has 50 heavy (non-hydrogen) atoms. The van der Waals surface area contributed by atoms with E-state index in [2.05, 4.69) is 143 Å². The molecule has 5 aromatic carbocycles. The van der Waals surface area contributed by atoms with Gasteiger partial charge < -0.3 is 4.57 Å². The molecule has 0 N–H and O–H groups in total. The Hall–Kier alpha value is -6.46. The predicted molar refractivity (Wildman–Crippen MR) is 205 cm³/mol. The van der Waals surface area contributed by atoms with Crippen LogP contribution in [0, 0.1) is 0 Å². The molecule has 0 saturated carbocycles. The first-order chi connectivity index (χ1) is 24.8. The van der Waals surface area contributed by atoms with Gasteiger partial charge in [0, 0.05) is 33.4 Å². The van der Waals surface area contributed by atoms with Crippen molar-refractivity contribution in [1.29, 1.82) is 0 Å². The zero-order valence-electron chi connectivity index (χ0n) is 27.3. The standard InChI is InChI=1S/C45H32N5/c1-5-15-30(16-6-1)34-25-26-36-37-28-27-35(31-17-7-2-8-18-31)41-42(37)49(40(36)29-34)38-23-13-14-24-39(38)50(41)45-47-43(32-19-9-3-10-20-32)46-44(48-45)33-21-11-4-12-22-33/h1-15,17-30,38H,16H2/q+1. The summed E-state index contributed by atoms with van der Waals surface area (Å²) >= 11 is 0. The Kier molecular flexibility index (Phi) is 6.62. The average Bonchev–Trinajstić information content (AvgIpc) is 3.54. The van der Waals surface area contributed by atoms with Crippen molar-refractivity contribution < 1.29 is 0 Å². The van der Waals surface area contributed by atoms with Crippen LogP contribution in [-0.4, -0.2) is 25.2 Å². The lowest BCUT2D eigenvalue weighted by Crippen LogP contribution is -2.32. The van der Waals surface area contributed by atoms with Crippen LogP contribution in [0.3, 0.4) is 0 Å². The van der Waals surface area contributed by atoms with Crippen LogP contribution in [0.25, 0.3) is 55.7 Å². The molecule has 236 valence electrons. The van der Waals surface area contributed by atoms with Gasteiger partial charge in [-0.15, -0.1) is 0 Å². The zero-order valence-corrected chi connectivity index (χ0v) is 27.3. The first-order valence-electron chi connectivity index (χ1n) is 17.2. The van der Waals surface area contributed by atoms with E-state index in [1.807, 2.05) is 36.4 Å². The van der Waals surface area contributed by atoms with Crippen LogP contribution in [0.5, 0.6) is 0 Å². The Labute approximate surface area is 290 Å². The van der Waals surface area contributed by atoms with Crippen LogP contribution in [0.1, 0.15) is 23.9 Å². The molecule has 0 radical (unpaired) electrons. The van der Waals surface area contributed by atoms with Crippen molar-refractivity contribution in [3.8, 4) is 33.9 Å². The number of hydrogen-bond donors (Lipinski definition) is 0. The molecule has 2 aliphatic carbocycles. The van der Waals surface area contributed by atoms with Crippen LogP contribution in [0.2, 0.25) is 0 Å². The van der Waals surface area contributed by atoms with Crippen LogP contribution in [0.15, 0.2) is 170 Å². The van der Waals surface area contributed by atoms with E-state index in [9.17, 15) is 0 Å². The minimum atomic E-state index is -0.0623. The normalized spacial score (nSPS) is 17.5. The predicted octanol–water partition coefficient (Wildman–Crippen LogP) is 10.5. The summed E-state index contributed by atoms with van der Waals surface area (Å²) in [7, 11) is 0. The SMILES string of the molecule is C1=CCC(c2ccc3c4ccc(-c5ccccc5)c5c4n(c3c2)C2C=CC=CC2=[N+]5c2nc(-c3ccccc3)nc(-c3ccccc3)n2)C=C1. The molecule has 0 fully saturated rings. The van der Waals surface area contributed by atoms with Gasteiger partial charge in [0.2, 0.25) is 11.6 Å². The third-order valence-corrected chi connectivity index (χ3v) is 10.1. The number of nitrogens with zero attached hydrogens (tertiary/aromatic N) is 5. The monoisotopic (exact) mass is 642 g/mol. The van der Waals surface area contributed by atoms with Gasteiger partial charge in [-0.05, 0) is 63.9 Å². The minimum Gasteiger partial charge on any atom is -0.323 e. The van der Waals surface area contributed by atoms with Gasteiger partial charge in [0.15, 0.2) is 0 Å². The minimum absolute atomic E-state index is 0.0623. The molecule has 5 nitrogen and oxygen atoms in total. The molecule has 0 saturated heterocycles. The molecule has 10 rings (SSSR count). The van der Waals surface area contributed by atoms with Gasteiger partial charge in [0.1, 0.15) is 17.4 Å². The molecule has 0 amide bonds. The number of fused-ring (bicyclic) bond motifs is 5. The van der Waals surface area contributed by atoms with Gasteiger partial charge in [0.25, 0.3) is 0 Å². The van der Waals surface area contributed by atoms with E-state index in [1.54, 1.807) is 0 Å². The van der Waals surface area contributed by atoms with Gasteiger partial charge in [0.05, 0.1) is 11.0 Å². The van der Waals surface area contributed by atoms with Crippen molar-refractivity contribution in [3.63, 3.8) is 0 Å². The van der Waals surface area contributed by atoms with Crippen molar-refractivity contribution in [3.05, 3.63) is 175 Å². The number of rotatable bonds is 5. The van der Waals surface area contributed by atoms with Gasteiger partial charge in [-0.1, -0.05) is 134 Å². The van der Waals surface area contributed by atoms with Gasteiger partial charge in [-0.2, -0.15) is 9.56 Å². The van der Waals surface area contributed by atoms with Crippen molar-refractivity contribution >= 4 is 39.2 Å². The summed E-state index contributed by atoms with van der Waals surface area (Å²) in [6.45, 7) is 0. The second-order valence-corrected chi connectivity index (χ2v) is 13.0. The Balaban J connectivity index is 1.31. The second-order valence-electron chi connectivity index (χ2n) is 13.0. The molecule has 3 heterocycles. The fourth-order valence-electron chi connectivity index (χ4n) is 7.75. The third-order valence-electron chi connectivity index (χ3n) is 10.1. The van der Waals surface area contributed by atoms with Crippen molar-refractivity contribution in [2.75, 3.05) is 0 Å². The summed E-state index contributed by atoms with van der Waals surface area (Å²) in [5.74, 6) is 2.23. The lowest BCUT2D eigenvalue weighted by Gasteiger charge is -2.29. The molecule has 2 unspecified atom stereocenters. The van der Waals surface area contributed by atoms with E-state index in [1.165, 1.54) is 27.4 Å². The smallest absolute Gasteiger partial charge is 0.323 e. The molecule has 3 aliphatic rings. The molecule has 0 bridgehead atoms. The van der Waals surface area contributed by atoms with Gasteiger partial charge in [-0.3, -0.25) is 0 Å². The van der Waals surface area contributed by atoms with E-state index < -0.39 is 0 Å². The maximum Gasteiger partial charge on any atom is 0.442 e. The first kappa shape index (κ1) is 28.5. The number of hydrogen-bond acceptors (Lipinski definition) is 3. The summed E-state index contributed by atoms with van der Waals surface area (Å²) in [6.07, 6.45) is 18.7. The highest BCUT2D eigenvalue weighted by Gasteiger charge is 2.38. The molecular weight excluding hydrogens is 611 g/mol. The maximum absolute atomic E-state index is 5.27. The lowest BCUT2D eigenvalue weighted by molar-refractivity contribution is 0.767. The van der Waals surface area contributed by atoms with Crippen molar-refractivity contribution in [2.24, 2.45) is 0 Å². The van der Waals surface area contributed by atoms with Gasteiger partial charge >= 0.3 is 5.95 Å². The topological polar surface area (TPSA) is 46.6 Å². The first-order valence-corrected chi connectivity index (χ1v) is 17.2. The molecule has 2 aromatic heterocycles. The third kappa shape index (κ3) is 4.55. The summed E-state index contributed by atoms with van der Waals surface area (Å²) in [6, 6.07) is 42.6. The highest BCUT2D eigenvalue weighted by Crippen LogP contribution is 2.48. The quantitative estimate of drug-likeness (QED) is 0.176. The van der Waals surface area contributed by atoms with E-state index in [4.69, 9.17) is 15.0 Å². The molecular formula is C45H32N5+. The zero-order chi connectivity index (χ0) is 33.0. The molecule has 5 heteroatoms. The van der Waals surface area contributed by atoms with Crippen molar-refractivity contribution in [1.82, 2.24) is 24.1 Å².